The number of aliphatic carboxylic acids is 1. The number of hydrogen-bond acceptors (Lipinski definition) is 2. The highest BCUT2D eigenvalue weighted by molar-refractivity contribution is 5.87. The standard InChI is InChI=1S/C15H21NO3/c1-4-11-8-6-7-9-12(11)10-13(17)16-15(3,5-2)14(18)19/h6-9H,4-5,10H2,1-3H3,(H,16,17)(H,18,19). The van der Waals surface area contributed by atoms with Crippen LogP contribution in [0.2, 0.25) is 0 Å². The van der Waals surface area contributed by atoms with Crippen LogP contribution in [0.1, 0.15) is 38.3 Å². The molecule has 1 unspecified atom stereocenters. The summed E-state index contributed by atoms with van der Waals surface area (Å²) in [6.45, 7) is 5.30. The number of benzene rings is 1. The third-order valence-electron chi connectivity index (χ3n) is 3.44. The Labute approximate surface area is 113 Å². The van der Waals surface area contributed by atoms with Crippen molar-refractivity contribution in [3.8, 4) is 0 Å². The number of carbonyl (C=O) groups is 2. The van der Waals surface area contributed by atoms with Gasteiger partial charge in [-0.05, 0) is 30.9 Å². The van der Waals surface area contributed by atoms with E-state index in [1.165, 1.54) is 6.92 Å². The van der Waals surface area contributed by atoms with Crippen LogP contribution < -0.4 is 5.32 Å². The largest absolute Gasteiger partial charge is 0.480 e. The molecule has 19 heavy (non-hydrogen) atoms. The van der Waals surface area contributed by atoms with E-state index in [9.17, 15) is 9.59 Å². The van der Waals surface area contributed by atoms with E-state index in [1.807, 2.05) is 31.2 Å². The van der Waals surface area contributed by atoms with Crippen molar-refractivity contribution in [3.63, 3.8) is 0 Å². The number of hydrogen-bond donors (Lipinski definition) is 2. The molecule has 0 aliphatic carbocycles. The molecule has 0 bridgehead atoms. The SMILES string of the molecule is CCc1ccccc1CC(=O)NC(C)(CC)C(=O)O. The van der Waals surface area contributed by atoms with Gasteiger partial charge >= 0.3 is 5.97 Å². The van der Waals surface area contributed by atoms with E-state index in [-0.39, 0.29) is 12.3 Å². The predicted octanol–water partition coefficient (Wildman–Crippen LogP) is 2.16. The van der Waals surface area contributed by atoms with Gasteiger partial charge in [0.1, 0.15) is 5.54 Å². The zero-order valence-corrected chi connectivity index (χ0v) is 11.7. The molecule has 104 valence electrons. The van der Waals surface area contributed by atoms with Gasteiger partial charge in [0, 0.05) is 0 Å². The van der Waals surface area contributed by atoms with Crippen LogP contribution in [0.4, 0.5) is 0 Å². The maximum Gasteiger partial charge on any atom is 0.329 e. The van der Waals surface area contributed by atoms with Gasteiger partial charge in [0.2, 0.25) is 5.91 Å². The normalized spacial score (nSPS) is 13.6. The summed E-state index contributed by atoms with van der Waals surface area (Å²) in [5, 5.41) is 11.7. The fraction of sp³-hybridized carbons (Fsp3) is 0.467. The Morgan fingerprint density at radius 1 is 1.21 bits per heavy atom. The van der Waals surface area contributed by atoms with Gasteiger partial charge < -0.3 is 10.4 Å². The van der Waals surface area contributed by atoms with Crippen molar-refractivity contribution in [2.75, 3.05) is 0 Å². The molecular weight excluding hydrogens is 242 g/mol. The summed E-state index contributed by atoms with van der Waals surface area (Å²) >= 11 is 0. The highest BCUT2D eigenvalue weighted by atomic mass is 16.4. The summed E-state index contributed by atoms with van der Waals surface area (Å²) in [5.41, 5.74) is 0.871. The van der Waals surface area contributed by atoms with Gasteiger partial charge in [-0.3, -0.25) is 4.79 Å². The number of aryl methyl sites for hydroxylation is 1. The van der Waals surface area contributed by atoms with Gasteiger partial charge in [-0.1, -0.05) is 38.1 Å². The molecule has 1 rings (SSSR count). The Morgan fingerprint density at radius 2 is 1.79 bits per heavy atom. The van der Waals surface area contributed by atoms with Crippen LogP contribution in [0.25, 0.3) is 0 Å². The lowest BCUT2D eigenvalue weighted by Crippen LogP contribution is -2.52. The van der Waals surface area contributed by atoms with Crippen molar-refractivity contribution >= 4 is 11.9 Å². The average Bonchev–Trinajstić information content (AvgIpc) is 2.38. The molecule has 1 atom stereocenters. The van der Waals surface area contributed by atoms with Crippen LogP contribution in [0.3, 0.4) is 0 Å². The van der Waals surface area contributed by atoms with Crippen LogP contribution in [0, 0.1) is 0 Å². The number of carboxylic acids is 1. The number of carbonyl (C=O) groups excluding carboxylic acids is 1. The molecule has 4 nitrogen and oxygen atoms in total. The van der Waals surface area contributed by atoms with Crippen molar-refractivity contribution in [2.45, 2.75) is 45.6 Å². The molecule has 0 saturated heterocycles. The lowest BCUT2D eigenvalue weighted by Gasteiger charge is -2.24. The summed E-state index contributed by atoms with van der Waals surface area (Å²) in [4.78, 5) is 23.1. The van der Waals surface area contributed by atoms with Crippen molar-refractivity contribution in [2.24, 2.45) is 0 Å². The summed E-state index contributed by atoms with van der Waals surface area (Å²) < 4.78 is 0. The molecule has 0 spiro atoms. The van der Waals surface area contributed by atoms with E-state index in [4.69, 9.17) is 5.11 Å². The first-order valence-corrected chi connectivity index (χ1v) is 6.54. The van der Waals surface area contributed by atoms with E-state index < -0.39 is 11.5 Å². The second-order valence-corrected chi connectivity index (χ2v) is 4.84. The highest BCUT2D eigenvalue weighted by Gasteiger charge is 2.32. The van der Waals surface area contributed by atoms with Crippen molar-refractivity contribution in [1.82, 2.24) is 5.32 Å². The predicted molar refractivity (Wildman–Crippen MR) is 74.0 cm³/mol. The van der Waals surface area contributed by atoms with E-state index in [1.54, 1.807) is 6.92 Å². The molecule has 2 N–H and O–H groups in total. The molecule has 0 aliphatic heterocycles. The molecule has 0 fully saturated rings. The average molecular weight is 263 g/mol. The van der Waals surface area contributed by atoms with E-state index >= 15 is 0 Å². The molecule has 1 aromatic carbocycles. The van der Waals surface area contributed by atoms with Gasteiger partial charge in [0.25, 0.3) is 0 Å². The van der Waals surface area contributed by atoms with Crippen molar-refractivity contribution < 1.29 is 14.7 Å². The summed E-state index contributed by atoms with van der Waals surface area (Å²) in [6, 6.07) is 7.72. The van der Waals surface area contributed by atoms with Gasteiger partial charge in [0.15, 0.2) is 0 Å². The van der Waals surface area contributed by atoms with Crippen LogP contribution in [0.15, 0.2) is 24.3 Å². The Balaban J connectivity index is 2.78. The van der Waals surface area contributed by atoms with Crippen LogP contribution >= 0.6 is 0 Å². The molecule has 0 aliphatic rings. The quantitative estimate of drug-likeness (QED) is 0.826. The van der Waals surface area contributed by atoms with Crippen LogP contribution in [-0.4, -0.2) is 22.5 Å². The zero-order valence-electron chi connectivity index (χ0n) is 11.7. The third kappa shape index (κ3) is 3.81. The van der Waals surface area contributed by atoms with Gasteiger partial charge in [0.05, 0.1) is 6.42 Å². The lowest BCUT2D eigenvalue weighted by molar-refractivity contribution is -0.146. The maximum absolute atomic E-state index is 12.0. The summed E-state index contributed by atoms with van der Waals surface area (Å²) in [7, 11) is 0. The number of rotatable bonds is 6. The topological polar surface area (TPSA) is 66.4 Å². The second kappa shape index (κ2) is 6.36. The molecule has 4 heteroatoms. The Morgan fingerprint density at radius 3 is 2.26 bits per heavy atom. The minimum atomic E-state index is -1.20. The molecule has 1 amide bonds. The first kappa shape index (κ1) is 15.2. The van der Waals surface area contributed by atoms with Crippen LogP contribution in [0.5, 0.6) is 0 Å². The summed E-state index contributed by atoms with van der Waals surface area (Å²) in [6.07, 6.45) is 1.42. The van der Waals surface area contributed by atoms with Gasteiger partial charge in [-0.15, -0.1) is 0 Å². The Bertz CT molecular complexity index is 470. The first-order valence-electron chi connectivity index (χ1n) is 6.54. The van der Waals surface area contributed by atoms with E-state index in [0.717, 1.165) is 17.5 Å². The number of nitrogens with one attached hydrogen (secondary N) is 1. The monoisotopic (exact) mass is 263 g/mol. The first-order chi connectivity index (χ1) is 8.92. The molecule has 0 aromatic heterocycles. The van der Waals surface area contributed by atoms with Crippen molar-refractivity contribution in [3.05, 3.63) is 35.4 Å². The fourth-order valence-corrected chi connectivity index (χ4v) is 1.89. The Hall–Kier alpha value is -1.84. The minimum Gasteiger partial charge on any atom is -0.480 e. The molecular formula is C15H21NO3. The van der Waals surface area contributed by atoms with Crippen molar-refractivity contribution in [1.29, 1.82) is 0 Å². The highest BCUT2D eigenvalue weighted by Crippen LogP contribution is 2.13. The molecule has 0 heterocycles. The minimum absolute atomic E-state index is 0.215. The van der Waals surface area contributed by atoms with E-state index in [2.05, 4.69) is 5.32 Å². The summed E-state index contributed by atoms with van der Waals surface area (Å²) in [5.74, 6) is -1.26. The smallest absolute Gasteiger partial charge is 0.329 e. The molecule has 0 radical (unpaired) electrons. The van der Waals surface area contributed by atoms with Gasteiger partial charge in [-0.2, -0.15) is 0 Å². The number of amides is 1. The second-order valence-electron chi connectivity index (χ2n) is 4.84. The Kier molecular flexibility index (Phi) is 5.10. The lowest BCUT2D eigenvalue weighted by atomic mass is 9.97. The maximum atomic E-state index is 12.0. The number of carboxylic acid groups (broad SMARTS) is 1. The molecule has 0 saturated carbocycles. The van der Waals surface area contributed by atoms with E-state index in [0.29, 0.717) is 6.42 Å². The fourth-order valence-electron chi connectivity index (χ4n) is 1.89. The zero-order chi connectivity index (χ0) is 14.5. The third-order valence-corrected chi connectivity index (χ3v) is 3.44. The molecule has 1 aromatic rings. The van der Waals surface area contributed by atoms with Gasteiger partial charge in [-0.25, -0.2) is 4.79 Å². The van der Waals surface area contributed by atoms with Crippen LogP contribution in [-0.2, 0) is 22.4 Å².